The third-order valence-corrected chi connectivity index (χ3v) is 1.16. The van der Waals surface area contributed by atoms with Gasteiger partial charge < -0.3 is 5.73 Å². The summed E-state index contributed by atoms with van der Waals surface area (Å²) < 4.78 is 0. The summed E-state index contributed by atoms with van der Waals surface area (Å²) in [5.74, 6) is -0.164. The van der Waals surface area contributed by atoms with Gasteiger partial charge in [0.25, 0.3) is 5.95 Å². The molecular weight excluding hydrogens is 160 g/mol. The van der Waals surface area contributed by atoms with Crippen molar-refractivity contribution < 1.29 is 4.79 Å². The number of hydrogen-bond donors (Lipinski definition) is 2. The molecule has 3 N–H and O–H groups in total. The van der Waals surface area contributed by atoms with Crippen molar-refractivity contribution in [2.24, 2.45) is 12.8 Å². The molecule has 1 aromatic rings. The Morgan fingerprint density at radius 2 is 2.42 bits per heavy atom. The van der Waals surface area contributed by atoms with Crippen molar-refractivity contribution in [1.82, 2.24) is 20.2 Å². The van der Waals surface area contributed by atoms with Gasteiger partial charge in [-0.25, -0.2) is 0 Å². The van der Waals surface area contributed by atoms with E-state index in [1.54, 1.807) is 14.0 Å². The first kappa shape index (κ1) is 8.60. The van der Waals surface area contributed by atoms with Gasteiger partial charge >= 0.3 is 0 Å². The van der Waals surface area contributed by atoms with Gasteiger partial charge in [-0.2, -0.15) is 4.80 Å². The van der Waals surface area contributed by atoms with Crippen molar-refractivity contribution >= 4 is 11.9 Å². The zero-order valence-electron chi connectivity index (χ0n) is 6.85. The number of rotatable bonds is 2. The van der Waals surface area contributed by atoms with Gasteiger partial charge in [0.2, 0.25) is 5.91 Å². The van der Waals surface area contributed by atoms with Gasteiger partial charge in [-0.15, -0.1) is 5.10 Å². The average Bonchev–Trinajstić information content (AvgIpc) is 2.35. The van der Waals surface area contributed by atoms with Crippen LogP contribution in [0.25, 0.3) is 0 Å². The summed E-state index contributed by atoms with van der Waals surface area (Å²) in [5.41, 5.74) is 5.30. The molecule has 12 heavy (non-hydrogen) atoms. The molecule has 0 aliphatic rings. The first-order valence-corrected chi connectivity index (χ1v) is 3.40. The minimum atomic E-state index is -0.575. The van der Waals surface area contributed by atoms with E-state index in [2.05, 4.69) is 20.7 Å². The topological polar surface area (TPSA) is 98.7 Å². The second-order valence-electron chi connectivity index (χ2n) is 2.38. The fourth-order valence-corrected chi connectivity index (χ4v) is 0.558. The molecule has 1 amide bonds. The molecule has 0 radical (unpaired) electrons. The fourth-order valence-electron chi connectivity index (χ4n) is 0.558. The Kier molecular flexibility index (Phi) is 2.34. The molecule has 0 aliphatic heterocycles. The highest BCUT2D eigenvalue weighted by Crippen LogP contribution is 1.92. The standard InChI is InChI=1S/C5H10N6O/c1-3(6)4(12)7-5-8-10-11(2)9-5/h3H,6H2,1-2H3,(H,7,9,12)/t3-/m1/s1. The number of anilines is 1. The molecule has 7 heteroatoms. The predicted octanol–water partition coefficient (Wildman–Crippen LogP) is -1.50. The molecule has 0 aromatic carbocycles. The maximum Gasteiger partial charge on any atom is 0.270 e. The Morgan fingerprint density at radius 3 is 2.83 bits per heavy atom. The van der Waals surface area contributed by atoms with Crippen LogP contribution in [0.2, 0.25) is 0 Å². The summed E-state index contributed by atoms with van der Waals surface area (Å²) in [6, 6.07) is -0.575. The summed E-state index contributed by atoms with van der Waals surface area (Å²) >= 11 is 0. The second kappa shape index (κ2) is 3.26. The Labute approximate surface area is 68.9 Å². The zero-order chi connectivity index (χ0) is 9.14. The van der Waals surface area contributed by atoms with Crippen LogP contribution in [0.1, 0.15) is 6.92 Å². The average molecular weight is 170 g/mol. The van der Waals surface area contributed by atoms with Crippen LogP contribution in [-0.2, 0) is 11.8 Å². The Morgan fingerprint density at radius 1 is 1.75 bits per heavy atom. The number of aromatic nitrogens is 4. The van der Waals surface area contributed by atoms with E-state index in [9.17, 15) is 4.79 Å². The van der Waals surface area contributed by atoms with E-state index < -0.39 is 6.04 Å². The van der Waals surface area contributed by atoms with Crippen LogP contribution in [0.4, 0.5) is 5.95 Å². The van der Waals surface area contributed by atoms with E-state index in [0.29, 0.717) is 0 Å². The number of nitrogens with one attached hydrogen (secondary N) is 1. The lowest BCUT2D eigenvalue weighted by molar-refractivity contribution is -0.117. The number of carbonyl (C=O) groups excluding carboxylic acids is 1. The van der Waals surface area contributed by atoms with Crippen LogP contribution < -0.4 is 11.1 Å². The number of carbonyl (C=O) groups is 1. The van der Waals surface area contributed by atoms with Crippen molar-refractivity contribution in [1.29, 1.82) is 0 Å². The smallest absolute Gasteiger partial charge is 0.270 e. The van der Waals surface area contributed by atoms with Gasteiger partial charge in [0.1, 0.15) is 0 Å². The maximum absolute atomic E-state index is 11.0. The number of nitrogens with two attached hydrogens (primary N) is 1. The number of hydrogen-bond acceptors (Lipinski definition) is 5. The number of nitrogens with zero attached hydrogens (tertiary/aromatic N) is 4. The SMILES string of the molecule is C[C@@H](N)C(=O)Nc1nnn(C)n1. The van der Waals surface area contributed by atoms with Crippen molar-refractivity contribution in [3.63, 3.8) is 0 Å². The largest absolute Gasteiger partial charge is 0.320 e. The molecule has 1 atom stereocenters. The van der Waals surface area contributed by atoms with Gasteiger partial charge in [0.05, 0.1) is 13.1 Å². The normalized spacial score (nSPS) is 12.6. The van der Waals surface area contributed by atoms with Crippen molar-refractivity contribution in [3.05, 3.63) is 0 Å². The fraction of sp³-hybridized carbons (Fsp3) is 0.600. The molecule has 0 saturated heterocycles. The third-order valence-electron chi connectivity index (χ3n) is 1.16. The molecule has 0 spiro atoms. The van der Waals surface area contributed by atoms with Crippen molar-refractivity contribution in [3.8, 4) is 0 Å². The third kappa shape index (κ3) is 1.99. The monoisotopic (exact) mass is 170 g/mol. The van der Waals surface area contributed by atoms with Gasteiger partial charge in [-0.3, -0.25) is 10.1 Å². The van der Waals surface area contributed by atoms with E-state index in [4.69, 9.17) is 5.73 Å². The minimum Gasteiger partial charge on any atom is -0.320 e. The molecule has 66 valence electrons. The highest BCUT2D eigenvalue weighted by Gasteiger charge is 2.09. The Bertz CT molecular complexity index is 279. The van der Waals surface area contributed by atoms with Crippen LogP contribution in [0.15, 0.2) is 0 Å². The summed E-state index contributed by atoms with van der Waals surface area (Å²) in [7, 11) is 1.61. The Balaban J connectivity index is 2.58. The maximum atomic E-state index is 11.0. The molecule has 0 aliphatic carbocycles. The quantitative estimate of drug-likeness (QED) is 0.562. The van der Waals surface area contributed by atoms with Crippen LogP contribution in [0, 0.1) is 0 Å². The zero-order valence-corrected chi connectivity index (χ0v) is 6.85. The van der Waals surface area contributed by atoms with Crippen LogP contribution >= 0.6 is 0 Å². The Hall–Kier alpha value is -1.50. The van der Waals surface area contributed by atoms with Gasteiger partial charge in [-0.05, 0) is 12.1 Å². The van der Waals surface area contributed by atoms with Crippen LogP contribution in [0.3, 0.4) is 0 Å². The van der Waals surface area contributed by atoms with E-state index >= 15 is 0 Å². The molecular formula is C5H10N6O. The number of tetrazole rings is 1. The van der Waals surface area contributed by atoms with Gasteiger partial charge in [-0.1, -0.05) is 5.10 Å². The second-order valence-corrected chi connectivity index (χ2v) is 2.38. The molecule has 0 fully saturated rings. The first-order valence-electron chi connectivity index (χ1n) is 3.40. The van der Waals surface area contributed by atoms with E-state index in [1.807, 2.05) is 0 Å². The van der Waals surface area contributed by atoms with Gasteiger partial charge in [0.15, 0.2) is 0 Å². The minimum absolute atomic E-state index is 0.166. The number of aryl methyl sites for hydroxylation is 1. The summed E-state index contributed by atoms with van der Waals surface area (Å²) in [6.07, 6.45) is 0. The lowest BCUT2D eigenvalue weighted by atomic mass is 10.3. The molecule has 1 rings (SSSR count). The van der Waals surface area contributed by atoms with Crippen LogP contribution in [0.5, 0.6) is 0 Å². The number of amides is 1. The molecule has 1 heterocycles. The molecule has 1 aromatic heterocycles. The molecule has 0 saturated carbocycles. The lowest BCUT2D eigenvalue weighted by Gasteiger charge is -2.01. The van der Waals surface area contributed by atoms with E-state index in [1.165, 1.54) is 4.80 Å². The summed E-state index contributed by atoms with van der Waals surface area (Å²) in [6.45, 7) is 1.58. The summed E-state index contributed by atoms with van der Waals surface area (Å²) in [4.78, 5) is 12.2. The van der Waals surface area contributed by atoms with Crippen molar-refractivity contribution in [2.45, 2.75) is 13.0 Å². The predicted molar refractivity (Wildman–Crippen MR) is 41.1 cm³/mol. The molecule has 7 nitrogen and oxygen atoms in total. The van der Waals surface area contributed by atoms with Gasteiger partial charge in [0, 0.05) is 0 Å². The highest BCUT2D eigenvalue weighted by atomic mass is 16.2. The van der Waals surface area contributed by atoms with E-state index in [-0.39, 0.29) is 11.9 Å². The van der Waals surface area contributed by atoms with E-state index in [0.717, 1.165) is 0 Å². The lowest BCUT2D eigenvalue weighted by Crippen LogP contribution is -2.32. The first-order chi connectivity index (χ1) is 5.59. The molecule has 0 bridgehead atoms. The highest BCUT2D eigenvalue weighted by molar-refractivity contribution is 5.92. The van der Waals surface area contributed by atoms with Crippen molar-refractivity contribution in [2.75, 3.05) is 5.32 Å². The molecule has 0 unspecified atom stereocenters. The summed E-state index contributed by atoms with van der Waals surface area (Å²) in [5, 5.41) is 13.2. The van der Waals surface area contributed by atoms with Crippen LogP contribution in [-0.4, -0.2) is 32.2 Å².